The quantitative estimate of drug-likeness (QED) is 0.744. The Balaban J connectivity index is 2.47. The van der Waals surface area contributed by atoms with Crippen LogP contribution in [-0.2, 0) is 20.7 Å². The van der Waals surface area contributed by atoms with Crippen molar-refractivity contribution < 1.29 is 14.3 Å². The summed E-state index contributed by atoms with van der Waals surface area (Å²) in [5.41, 5.74) is 2.13. The molecule has 0 atom stereocenters. The predicted molar refractivity (Wildman–Crippen MR) is 69.2 cm³/mol. The van der Waals surface area contributed by atoms with Crippen molar-refractivity contribution in [3.63, 3.8) is 0 Å². The number of hydrogen-bond donors (Lipinski definition) is 0. The molecule has 0 heterocycles. The van der Waals surface area contributed by atoms with Crippen molar-refractivity contribution in [1.82, 2.24) is 4.90 Å². The van der Waals surface area contributed by atoms with Crippen LogP contribution in [-0.4, -0.2) is 37.5 Å². The molecule has 1 aromatic rings. The number of carbonyl (C=O) groups excluding carboxylic acids is 2. The number of esters is 1. The van der Waals surface area contributed by atoms with Gasteiger partial charge in [-0.1, -0.05) is 29.8 Å². The lowest BCUT2D eigenvalue weighted by Crippen LogP contribution is -2.30. The molecule has 4 heteroatoms. The first kappa shape index (κ1) is 14.2. The van der Waals surface area contributed by atoms with Gasteiger partial charge in [0.1, 0.15) is 0 Å². The van der Waals surface area contributed by atoms with Gasteiger partial charge in [0, 0.05) is 13.6 Å². The minimum Gasteiger partial charge on any atom is -0.469 e. The van der Waals surface area contributed by atoms with E-state index in [4.69, 9.17) is 0 Å². The summed E-state index contributed by atoms with van der Waals surface area (Å²) in [6.07, 6.45) is 0.589. The smallest absolute Gasteiger partial charge is 0.307 e. The summed E-state index contributed by atoms with van der Waals surface area (Å²) in [5, 5.41) is 0. The molecule has 0 unspecified atom stereocenters. The maximum atomic E-state index is 11.9. The van der Waals surface area contributed by atoms with E-state index in [1.807, 2.05) is 31.2 Å². The topological polar surface area (TPSA) is 46.6 Å². The van der Waals surface area contributed by atoms with E-state index in [1.165, 1.54) is 7.11 Å². The van der Waals surface area contributed by atoms with Crippen molar-refractivity contribution in [2.75, 3.05) is 20.7 Å². The monoisotopic (exact) mass is 249 g/mol. The second-order valence-corrected chi connectivity index (χ2v) is 4.31. The normalized spacial score (nSPS) is 9.94. The third-order valence-corrected chi connectivity index (χ3v) is 2.74. The van der Waals surface area contributed by atoms with Crippen molar-refractivity contribution in [3.05, 3.63) is 35.4 Å². The zero-order chi connectivity index (χ0) is 13.5. The van der Waals surface area contributed by atoms with E-state index in [0.29, 0.717) is 13.0 Å². The number of hydrogen-bond acceptors (Lipinski definition) is 3. The minimum absolute atomic E-state index is 0.00417. The molecule has 0 aliphatic rings. The van der Waals surface area contributed by atoms with Crippen LogP contribution < -0.4 is 0 Å². The molecule has 0 saturated heterocycles. The Hall–Kier alpha value is -1.84. The summed E-state index contributed by atoms with van der Waals surface area (Å²) in [6.45, 7) is 2.38. The Morgan fingerprint density at radius 3 is 2.67 bits per heavy atom. The Labute approximate surface area is 108 Å². The molecule has 0 saturated carbocycles. The van der Waals surface area contributed by atoms with E-state index in [9.17, 15) is 9.59 Å². The van der Waals surface area contributed by atoms with Crippen LogP contribution in [0.5, 0.6) is 0 Å². The molecule has 18 heavy (non-hydrogen) atoms. The van der Waals surface area contributed by atoms with Gasteiger partial charge in [-0.15, -0.1) is 0 Å². The van der Waals surface area contributed by atoms with Gasteiger partial charge in [0.05, 0.1) is 20.0 Å². The lowest BCUT2D eigenvalue weighted by Gasteiger charge is -2.16. The van der Waals surface area contributed by atoms with E-state index < -0.39 is 0 Å². The van der Waals surface area contributed by atoms with Crippen molar-refractivity contribution in [3.8, 4) is 0 Å². The molecular weight excluding hydrogens is 230 g/mol. The fourth-order valence-electron chi connectivity index (χ4n) is 1.62. The minimum atomic E-state index is -0.301. The van der Waals surface area contributed by atoms with E-state index >= 15 is 0 Å². The number of amides is 1. The Bertz CT molecular complexity index is 429. The first-order chi connectivity index (χ1) is 8.52. The van der Waals surface area contributed by atoms with Crippen LogP contribution in [0.1, 0.15) is 17.5 Å². The lowest BCUT2D eigenvalue weighted by atomic mass is 10.1. The van der Waals surface area contributed by atoms with E-state index in [2.05, 4.69) is 4.74 Å². The van der Waals surface area contributed by atoms with E-state index in [0.717, 1.165) is 11.1 Å². The van der Waals surface area contributed by atoms with Crippen LogP contribution in [0.25, 0.3) is 0 Å². The van der Waals surface area contributed by atoms with Crippen molar-refractivity contribution in [2.24, 2.45) is 0 Å². The molecule has 0 bridgehead atoms. The Morgan fingerprint density at radius 2 is 2.06 bits per heavy atom. The van der Waals surface area contributed by atoms with Gasteiger partial charge >= 0.3 is 5.97 Å². The van der Waals surface area contributed by atoms with Gasteiger partial charge in [-0.3, -0.25) is 9.59 Å². The molecule has 0 aliphatic heterocycles. The highest BCUT2D eigenvalue weighted by Gasteiger charge is 2.11. The molecule has 0 spiro atoms. The maximum absolute atomic E-state index is 11.9. The van der Waals surface area contributed by atoms with Crippen LogP contribution in [0.15, 0.2) is 24.3 Å². The summed E-state index contributed by atoms with van der Waals surface area (Å²) in [4.78, 5) is 24.4. The van der Waals surface area contributed by atoms with Gasteiger partial charge in [0.15, 0.2) is 0 Å². The first-order valence-electron chi connectivity index (χ1n) is 5.89. The van der Waals surface area contributed by atoms with Crippen molar-refractivity contribution in [2.45, 2.75) is 19.8 Å². The standard InChI is InChI=1S/C14H19NO3/c1-11-5-4-6-12(9-11)10-13(16)15(2)8-7-14(17)18-3/h4-6,9H,7-8,10H2,1-3H3. The number of benzene rings is 1. The summed E-state index contributed by atoms with van der Waals surface area (Å²) in [7, 11) is 3.04. The molecule has 1 aromatic carbocycles. The number of ether oxygens (including phenoxy) is 1. The zero-order valence-electron chi connectivity index (χ0n) is 11.1. The molecule has 0 fully saturated rings. The van der Waals surface area contributed by atoms with E-state index in [-0.39, 0.29) is 18.3 Å². The fraction of sp³-hybridized carbons (Fsp3) is 0.429. The molecule has 1 rings (SSSR count). The van der Waals surface area contributed by atoms with Gasteiger partial charge in [0.2, 0.25) is 5.91 Å². The van der Waals surface area contributed by atoms with Gasteiger partial charge in [-0.25, -0.2) is 0 Å². The van der Waals surface area contributed by atoms with Crippen LogP contribution >= 0.6 is 0 Å². The van der Waals surface area contributed by atoms with Crippen LogP contribution in [0.2, 0.25) is 0 Å². The highest BCUT2D eigenvalue weighted by atomic mass is 16.5. The van der Waals surface area contributed by atoms with Gasteiger partial charge in [-0.2, -0.15) is 0 Å². The van der Waals surface area contributed by atoms with Crippen LogP contribution in [0, 0.1) is 6.92 Å². The fourth-order valence-corrected chi connectivity index (χ4v) is 1.62. The van der Waals surface area contributed by atoms with Crippen molar-refractivity contribution in [1.29, 1.82) is 0 Å². The molecule has 98 valence electrons. The number of nitrogens with zero attached hydrogens (tertiary/aromatic N) is 1. The second kappa shape index (κ2) is 6.79. The van der Waals surface area contributed by atoms with Crippen molar-refractivity contribution >= 4 is 11.9 Å². The second-order valence-electron chi connectivity index (χ2n) is 4.31. The SMILES string of the molecule is COC(=O)CCN(C)C(=O)Cc1cccc(C)c1. The van der Waals surface area contributed by atoms with Crippen LogP contribution in [0.4, 0.5) is 0 Å². The number of likely N-dealkylation sites (N-methyl/N-ethyl adjacent to an activating group) is 1. The third kappa shape index (κ3) is 4.57. The summed E-state index contributed by atoms with van der Waals surface area (Å²) < 4.78 is 4.54. The average molecular weight is 249 g/mol. The number of aryl methyl sites for hydroxylation is 1. The van der Waals surface area contributed by atoms with E-state index in [1.54, 1.807) is 11.9 Å². The Kier molecular flexibility index (Phi) is 5.36. The molecule has 1 amide bonds. The molecule has 0 radical (unpaired) electrons. The molecule has 0 N–H and O–H groups in total. The molecular formula is C14H19NO3. The highest BCUT2D eigenvalue weighted by Crippen LogP contribution is 2.06. The van der Waals surface area contributed by atoms with Gasteiger partial charge in [-0.05, 0) is 12.5 Å². The van der Waals surface area contributed by atoms with Crippen LogP contribution in [0.3, 0.4) is 0 Å². The largest absolute Gasteiger partial charge is 0.469 e. The number of rotatable bonds is 5. The molecule has 4 nitrogen and oxygen atoms in total. The predicted octanol–water partition coefficient (Wildman–Crippen LogP) is 1.56. The molecule has 0 aromatic heterocycles. The summed E-state index contributed by atoms with van der Waals surface area (Å²) in [5.74, 6) is -0.297. The van der Waals surface area contributed by atoms with Gasteiger partial charge in [0.25, 0.3) is 0 Å². The van der Waals surface area contributed by atoms with Gasteiger partial charge < -0.3 is 9.64 Å². The number of carbonyl (C=O) groups is 2. The first-order valence-corrected chi connectivity index (χ1v) is 5.89. The molecule has 0 aliphatic carbocycles. The third-order valence-electron chi connectivity index (χ3n) is 2.74. The lowest BCUT2D eigenvalue weighted by molar-refractivity contribution is -0.141. The zero-order valence-corrected chi connectivity index (χ0v) is 11.1. The average Bonchev–Trinajstić information content (AvgIpc) is 2.35. The highest BCUT2D eigenvalue weighted by molar-refractivity contribution is 5.79. The Morgan fingerprint density at radius 1 is 1.33 bits per heavy atom. The summed E-state index contributed by atoms with van der Waals surface area (Å²) >= 11 is 0. The maximum Gasteiger partial charge on any atom is 0.307 e. The number of methoxy groups -OCH3 is 1. The summed E-state index contributed by atoms with van der Waals surface area (Å²) in [6, 6.07) is 7.85.